The van der Waals surface area contributed by atoms with E-state index in [-0.39, 0.29) is 17.6 Å². The number of methoxy groups -OCH3 is 1. The number of ether oxygens (including phenoxy) is 1. The molecule has 1 N–H and O–H groups in total. The molecule has 0 saturated heterocycles. The van der Waals surface area contributed by atoms with Crippen molar-refractivity contribution in [1.82, 2.24) is 9.88 Å². The van der Waals surface area contributed by atoms with Crippen molar-refractivity contribution in [3.05, 3.63) is 75.6 Å². The third-order valence-corrected chi connectivity index (χ3v) is 4.11. The lowest BCUT2D eigenvalue weighted by molar-refractivity contribution is 0.0961. The Morgan fingerprint density at radius 1 is 1.12 bits per heavy atom. The first-order valence-corrected chi connectivity index (χ1v) is 7.82. The van der Waals surface area contributed by atoms with Gasteiger partial charge in [0.05, 0.1) is 18.0 Å². The van der Waals surface area contributed by atoms with Gasteiger partial charge in [-0.15, -0.1) is 0 Å². The van der Waals surface area contributed by atoms with Gasteiger partial charge in [0, 0.05) is 19.8 Å². The molecule has 0 bridgehead atoms. The van der Waals surface area contributed by atoms with Crippen LogP contribution in [0.1, 0.15) is 15.9 Å². The highest BCUT2D eigenvalue weighted by Crippen LogP contribution is 2.21. The molecule has 26 heavy (non-hydrogen) atoms. The molecule has 1 heterocycles. The standard InChI is InChI=1S/C19H16F2N2O3/c1-22-19(25)13-10-23(9-11-3-5-12(26-2)6-4-11)17-15(21)8-7-14(20)16(17)18(13)24/h3-8,10H,9H2,1-2H3,(H,22,25). The number of pyridine rings is 1. The van der Waals surface area contributed by atoms with Crippen molar-refractivity contribution in [2.45, 2.75) is 6.54 Å². The number of nitrogens with one attached hydrogen (secondary N) is 1. The van der Waals surface area contributed by atoms with E-state index in [2.05, 4.69) is 5.32 Å². The number of fused-ring (bicyclic) bond motifs is 1. The number of nitrogens with zero attached hydrogens (tertiary/aromatic N) is 1. The zero-order valence-electron chi connectivity index (χ0n) is 14.2. The van der Waals surface area contributed by atoms with Crippen LogP contribution in [0, 0.1) is 11.6 Å². The van der Waals surface area contributed by atoms with Crippen LogP contribution in [0.2, 0.25) is 0 Å². The predicted octanol–water partition coefficient (Wildman–Crippen LogP) is 2.70. The Labute approximate surface area is 147 Å². The first-order chi connectivity index (χ1) is 12.5. The average molecular weight is 358 g/mol. The minimum Gasteiger partial charge on any atom is -0.497 e. The van der Waals surface area contributed by atoms with Crippen LogP contribution < -0.4 is 15.5 Å². The summed E-state index contributed by atoms with van der Waals surface area (Å²) in [6, 6.07) is 8.83. The maximum Gasteiger partial charge on any atom is 0.256 e. The topological polar surface area (TPSA) is 60.3 Å². The van der Waals surface area contributed by atoms with Crippen molar-refractivity contribution in [2.24, 2.45) is 0 Å². The van der Waals surface area contributed by atoms with E-state index in [0.717, 1.165) is 17.7 Å². The Balaban J connectivity index is 2.25. The lowest BCUT2D eigenvalue weighted by atomic mass is 10.1. The fourth-order valence-electron chi connectivity index (χ4n) is 2.80. The van der Waals surface area contributed by atoms with Crippen molar-refractivity contribution >= 4 is 16.8 Å². The number of hydrogen-bond acceptors (Lipinski definition) is 3. The molecule has 134 valence electrons. The molecule has 0 aliphatic rings. The Morgan fingerprint density at radius 3 is 2.38 bits per heavy atom. The second-order valence-electron chi connectivity index (χ2n) is 5.68. The van der Waals surface area contributed by atoms with Crippen LogP contribution in [0.25, 0.3) is 10.9 Å². The Kier molecular flexibility index (Phi) is 4.71. The van der Waals surface area contributed by atoms with Crippen LogP contribution in [0.4, 0.5) is 8.78 Å². The van der Waals surface area contributed by atoms with Crippen LogP contribution >= 0.6 is 0 Å². The van der Waals surface area contributed by atoms with Gasteiger partial charge in [-0.3, -0.25) is 9.59 Å². The van der Waals surface area contributed by atoms with Crippen molar-refractivity contribution in [3.63, 3.8) is 0 Å². The van der Waals surface area contributed by atoms with E-state index < -0.39 is 28.4 Å². The highest BCUT2D eigenvalue weighted by Gasteiger charge is 2.19. The summed E-state index contributed by atoms with van der Waals surface area (Å²) in [5, 5.41) is 1.90. The maximum atomic E-state index is 14.4. The van der Waals surface area contributed by atoms with Gasteiger partial charge < -0.3 is 14.6 Å². The molecule has 5 nitrogen and oxygen atoms in total. The molecule has 0 aliphatic heterocycles. The lowest BCUT2D eigenvalue weighted by Crippen LogP contribution is -2.28. The highest BCUT2D eigenvalue weighted by molar-refractivity contribution is 5.97. The summed E-state index contributed by atoms with van der Waals surface area (Å²) in [5.74, 6) is -1.62. The zero-order valence-corrected chi connectivity index (χ0v) is 14.2. The number of hydrogen-bond donors (Lipinski definition) is 1. The first-order valence-electron chi connectivity index (χ1n) is 7.82. The summed E-state index contributed by atoms with van der Waals surface area (Å²) in [6.07, 6.45) is 1.25. The van der Waals surface area contributed by atoms with Gasteiger partial charge in [0.25, 0.3) is 5.91 Å². The predicted molar refractivity (Wildman–Crippen MR) is 93.6 cm³/mol. The highest BCUT2D eigenvalue weighted by atomic mass is 19.1. The lowest BCUT2D eigenvalue weighted by Gasteiger charge is -2.14. The molecule has 3 aromatic rings. The van der Waals surface area contributed by atoms with Gasteiger partial charge in [-0.2, -0.15) is 0 Å². The Hall–Kier alpha value is -3.22. The number of carbonyl (C=O) groups excluding carboxylic acids is 1. The Morgan fingerprint density at radius 2 is 1.77 bits per heavy atom. The van der Waals surface area contributed by atoms with Crippen molar-refractivity contribution < 1.29 is 18.3 Å². The molecule has 0 atom stereocenters. The second-order valence-corrected chi connectivity index (χ2v) is 5.68. The Bertz CT molecular complexity index is 1040. The number of benzene rings is 2. The van der Waals surface area contributed by atoms with E-state index in [0.29, 0.717) is 5.75 Å². The van der Waals surface area contributed by atoms with Crippen LogP contribution in [0.15, 0.2) is 47.4 Å². The van der Waals surface area contributed by atoms with E-state index in [1.165, 1.54) is 24.9 Å². The van der Waals surface area contributed by atoms with E-state index in [1.54, 1.807) is 24.3 Å². The molecule has 7 heteroatoms. The molecule has 0 unspecified atom stereocenters. The average Bonchev–Trinajstić information content (AvgIpc) is 2.66. The molecule has 1 aromatic heterocycles. The first kappa shape index (κ1) is 17.6. The smallest absolute Gasteiger partial charge is 0.256 e. The minimum absolute atomic E-state index is 0.144. The zero-order chi connectivity index (χ0) is 18.8. The van der Waals surface area contributed by atoms with Gasteiger partial charge in [-0.25, -0.2) is 8.78 Å². The van der Waals surface area contributed by atoms with Crippen LogP contribution in [-0.2, 0) is 6.54 Å². The number of rotatable bonds is 4. The monoisotopic (exact) mass is 358 g/mol. The van der Waals surface area contributed by atoms with Gasteiger partial charge in [0.2, 0.25) is 5.43 Å². The number of halogens is 2. The number of carbonyl (C=O) groups is 1. The molecule has 0 radical (unpaired) electrons. The van der Waals surface area contributed by atoms with Crippen molar-refractivity contribution in [1.29, 1.82) is 0 Å². The molecule has 0 spiro atoms. The van der Waals surface area contributed by atoms with Gasteiger partial charge >= 0.3 is 0 Å². The molecule has 0 aliphatic carbocycles. The summed E-state index contributed by atoms with van der Waals surface area (Å²) in [4.78, 5) is 24.5. The molecule has 0 fully saturated rings. The number of amides is 1. The van der Waals surface area contributed by atoms with E-state index in [1.807, 2.05) is 0 Å². The minimum atomic E-state index is -0.874. The molecular formula is C19H16F2N2O3. The van der Waals surface area contributed by atoms with Crippen molar-refractivity contribution in [3.8, 4) is 5.75 Å². The summed E-state index contributed by atoms with van der Waals surface area (Å²) < 4.78 is 35.1. The fraction of sp³-hybridized carbons (Fsp3) is 0.158. The molecule has 3 rings (SSSR count). The third-order valence-electron chi connectivity index (χ3n) is 4.11. The maximum absolute atomic E-state index is 14.4. The second kappa shape index (κ2) is 6.95. The van der Waals surface area contributed by atoms with Gasteiger partial charge in [-0.05, 0) is 29.8 Å². The summed E-state index contributed by atoms with van der Waals surface area (Å²) >= 11 is 0. The van der Waals surface area contributed by atoms with Crippen molar-refractivity contribution in [2.75, 3.05) is 14.2 Å². The van der Waals surface area contributed by atoms with E-state index in [9.17, 15) is 18.4 Å². The fourth-order valence-corrected chi connectivity index (χ4v) is 2.80. The normalized spacial score (nSPS) is 10.8. The third kappa shape index (κ3) is 3.03. The number of aromatic nitrogens is 1. The van der Waals surface area contributed by atoms with Crippen LogP contribution in [-0.4, -0.2) is 24.6 Å². The SMILES string of the molecule is CNC(=O)c1cn(Cc2ccc(OC)cc2)c2c(F)ccc(F)c2c1=O. The van der Waals surface area contributed by atoms with E-state index >= 15 is 0 Å². The largest absolute Gasteiger partial charge is 0.497 e. The van der Waals surface area contributed by atoms with Gasteiger partial charge in [0.1, 0.15) is 22.9 Å². The molecule has 2 aromatic carbocycles. The molecule has 1 amide bonds. The van der Waals surface area contributed by atoms with Crippen LogP contribution in [0.3, 0.4) is 0 Å². The summed E-state index contributed by atoms with van der Waals surface area (Å²) in [6.45, 7) is 0.144. The summed E-state index contributed by atoms with van der Waals surface area (Å²) in [7, 11) is 2.90. The van der Waals surface area contributed by atoms with E-state index in [4.69, 9.17) is 4.74 Å². The van der Waals surface area contributed by atoms with Crippen LogP contribution in [0.5, 0.6) is 5.75 Å². The summed E-state index contributed by atoms with van der Waals surface area (Å²) in [5.41, 5.74) is -0.513. The van der Waals surface area contributed by atoms with Gasteiger partial charge in [-0.1, -0.05) is 12.1 Å². The quantitative estimate of drug-likeness (QED) is 0.780. The van der Waals surface area contributed by atoms with Gasteiger partial charge in [0.15, 0.2) is 0 Å². The molecule has 0 saturated carbocycles. The molecular weight excluding hydrogens is 342 g/mol.